The second-order valence-electron chi connectivity index (χ2n) is 9.95. The summed E-state index contributed by atoms with van der Waals surface area (Å²) in [5.74, 6) is 0.376. The summed E-state index contributed by atoms with van der Waals surface area (Å²) in [7, 11) is 0. The van der Waals surface area contributed by atoms with Crippen molar-refractivity contribution in [2.24, 2.45) is 0 Å². The minimum atomic E-state index is -4.62. The number of alkyl halides is 3. The molecule has 3 heterocycles. The number of thiophene rings is 1. The van der Waals surface area contributed by atoms with Crippen LogP contribution in [0, 0.1) is 31.0 Å². The van der Waals surface area contributed by atoms with E-state index < -0.39 is 17.6 Å². The van der Waals surface area contributed by atoms with Crippen molar-refractivity contribution in [3.05, 3.63) is 106 Å². The van der Waals surface area contributed by atoms with Crippen LogP contribution in [0.1, 0.15) is 27.8 Å². The average Bonchev–Trinajstić information content (AvgIpc) is 3.66. The van der Waals surface area contributed by atoms with Gasteiger partial charge in [0.15, 0.2) is 0 Å². The summed E-state index contributed by atoms with van der Waals surface area (Å²) in [5, 5.41) is 22.5. The quantitative estimate of drug-likeness (QED) is 0.181. The molecule has 220 valence electrons. The van der Waals surface area contributed by atoms with Gasteiger partial charge in [0, 0.05) is 16.8 Å². The SMILES string of the molecule is Cc1cc(C#N)cc(C)c1Oc1nc(Nc2ccc(-c3cn(Cc4ccc(C(F)(F)F)cc4F)nn3)cc2)nc2ccsc12. The first kappa shape index (κ1) is 28.8. The number of nitrogens with zero attached hydrogens (tertiary/aromatic N) is 6. The van der Waals surface area contributed by atoms with E-state index in [9.17, 15) is 22.8 Å². The summed E-state index contributed by atoms with van der Waals surface area (Å²) in [6.07, 6.45) is -3.03. The molecule has 0 spiro atoms. The Morgan fingerprint density at radius 1 is 1.00 bits per heavy atom. The highest BCUT2D eigenvalue weighted by Crippen LogP contribution is 2.36. The molecular formula is C31H21F4N7OS. The maximum Gasteiger partial charge on any atom is 0.416 e. The highest BCUT2D eigenvalue weighted by Gasteiger charge is 2.31. The van der Waals surface area contributed by atoms with E-state index in [0.29, 0.717) is 46.1 Å². The molecule has 0 saturated carbocycles. The van der Waals surface area contributed by atoms with Crippen molar-refractivity contribution >= 4 is 33.2 Å². The topological polar surface area (TPSA) is 102 Å². The number of aromatic nitrogens is 5. The van der Waals surface area contributed by atoms with Crippen LogP contribution >= 0.6 is 11.3 Å². The van der Waals surface area contributed by atoms with Gasteiger partial charge in [-0.3, -0.25) is 0 Å². The van der Waals surface area contributed by atoms with Crippen LogP contribution in [-0.2, 0) is 12.7 Å². The first-order chi connectivity index (χ1) is 21.1. The molecule has 8 nitrogen and oxygen atoms in total. The van der Waals surface area contributed by atoms with Crippen molar-refractivity contribution in [2.75, 3.05) is 5.32 Å². The Kier molecular flexibility index (Phi) is 7.44. The number of fused-ring (bicyclic) bond motifs is 1. The van der Waals surface area contributed by atoms with Crippen molar-refractivity contribution in [2.45, 2.75) is 26.6 Å². The van der Waals surface area contributed by atoms with Gasteiger partial charge in [-0.1, -0.05) is 23.4 Å². The van der Waals surface area contributed by atoms with Crippen LogP contribution in [0.15, 0.2) is 72.2 Å². The molecular weight excluding hydrogens is 594 g/mol. The number of benzene rings is 3. The monoisotopic (exact) mass is 615 g/mol. The number of ether oxygens (including phenoxy) is 1. The molecule has 0 amide bonds. The number of halogens is 4. The van der Waals surface area contributed by atoms with Crippen LogP contribution in [-0.4, -0.2) is 25.0 Å². The van der Waals surface area contributed by atoms with E-state index >= 15 is 0 Å². The fourth-order valence-electron chi connectivity index (χ4n) is 4.62. The molecule has 0 aliphatic heterocycles. The maximum atomic E-state index is 14.3. The average molecular weight is 616 g/mol. The minimum absolute atomic E-state index is 0.0597. The summed E-state index contributed by atoms with van der Waals surface area (Å²) in [4.78, 5) is 9.22. The number of aryl methyl sites for hydroxylation is 2. The van der Waals surface area contributed by atoms with Gasteiger partial charge >= 0.3 is 6.18 Å². The third-order valence-corrected chi connectivity index (χ3v) is 7.64. The molecule has 0 fully saturated rings. The molecule has 6 aromatic rings. The zero-order valence-electron chi connectivity index (χ0n) is 23.1. The van der Waals surface area contributed by atoms with Crippen LogP contribution in [0.5, 0.6) is 11.6 Å². The largest absolute Gasteiger partial charge is 0.437 e. The Hall–Kier alpha value is -5.35. The Bertz CT molecular complexity index is 2020. The van der Waals surface area contributed by atoms with Crippen LogP contribution in [0.2, 0.25) is 0 Å². The van der Waals surface area contributed by atoms with E-state index in [0.717, 1.165) is 33.5 Å². The van der Waals surface area contributed by atoms with Gasteiger partial charge in [0.2, 0.25) is 11.8 Å². The fourth-order valence-corrected chi connectivity index (χ4v) is 5.38. The lowest BCUT2D eigenvalue weighted by atomic mass is 10.1. The Morgan fingerprint density at radius 2 is 1.75 bits per heavy atom. The number of hydrogen-bond acceptors (Lipinski definition) is 8. The normalized spacial score (nSPS) is 11.5. The molecule has 44 heavy (non-hydrogen) atoms. The highest BCUT2D eigenvalue weighted by atomic mass is 32.1. The molecule has 0 radical (unpaired) electrons. The van der Waals surface area contributed by atoms with Crippen LogP contribution in [0.25, 0.3) is 21.5 Å². The van der Waals surface area contributed by atoms with Gasteiger partial charge in [0.1, 0.15) is 22.0 Å². The molecule has 0 saturated heterocycles. The van der Waals surface area contributed by atoms with Crippen molar-refractivity contribution in [1.82, 2.24) is 25.0 Å². The van der Waals surface area contributed by atoms with Gasteiger partial charge in [0.05, 0.1) is 35.5 Å². The van der Waals surface area contributed by atoms with Gasteiger partial charge in [-0.25, -0.2) is 14.1 Å². The molecule has 0 aliphatic carbocycles. The molecule has 13 heteroatoms. The Balaban J connectivity index is 1.19. The number of hydrogen-bond donors (Lipinski definition) is 1. The second-order valence-corrected chi connectivity index (χ2v) is 10.9. The van der Waals surface area contributed by atoms with Crippen molar-refractivity contribution < 1.29 is 22.3 Å². The Morgan fingerprint density at radius 3 is 2.43 bits per heavy atom. The lowest BCUT2D eigenvalue weighted by molar-refractivity contribution is -0.137. The maximum absolute atomic E-state index is 14.3. The van der Waals surface area contributed by atoms with Gasteiger partial charge in [-0.2, -0.15) is 23.4 Å². The van der Waals surface area contributed by atoms with E-state index in [2.05, 4.69) is 31.7 Å². The molecule has 6 rings (SSSR count). The molecule has 1 N–H and O–H groups in total. The van der Waals surface area contributed by atoms with Gasteiger partial charge in [-0.05, 0) is 72.8 Å². The summed E-state index contributed by atoms with van der Waals surface area (Å²) >= 11 is 1.46. The highest BCUT2D eigenvalue weighted by molar-refractivity contribution is 7.17. The third-order valence-electron chi connectivity index (χ3n) is 6.75. The summed E-state index contributed by atoms with van der Waals surface area (Å²) in [5.41, 5.74) is 3.83. The van der Waals surface area contributed by atoms with E-state index in [4.69, 9.17) is 4.74 Å². The number of rotatable bonds is 7. The lowest BCUT2D eigenvalue weighted by Crippen LogP contribution is -2.08. The predicted octanol–water partition coefficient (Wildman–Crippen LogP) is 8.18. The zero-order chi connectivity index (χ0) is 31.0. The van der Waals surface area contributed by atoms with Crippen LogP contribution in [0.4, 0.5) is 29.2 Å². The zero-order valence-corrected chi connectivity index (χ0v) is 24.0. The molecule has 0 atom stereocenters. The number of nitrogens with one attached hydrogen (secondary N) is 1. The number of anilines is 2. The Labute approximate surface area is 252 Å². The summed E-state index contributed by atoms with van der Waals surface area (Å²) < 4.78 is 61.2. The molecule has 0 aliphatic rings. The van der Waals surface area contributed by atoms with E-state index in [-0.39, 0.29) is 12.1 Å². The number of nitriles is 1. The van der Waals surface area contributed by atoms with E-state index in [1.54, 1.807) is 42.6 Å². The smallest absolute Gasteiger partial charge is 0.416 e. The van der Waals surface area contributed by atoms with Gasteiger partial charge in [0.25, 0.3) is 0 Å². The van der Waals surface area contributed by atoms with Gasteiger partial charge in [-0.15, -0.1) is 16.4 Å². The van der Waals surface area contributed by atoms with Crippen LogP contribution in [0.3, 0.4) is 0 Å². The van der Waals surface area contributed by atoms with Gasteiger partial charge < -0.3 is 10.1 Å². The lowest BCUT2D eigenvalue weighted by Gasteiger charge is -2.13. The predicted molar refractivity (Wildman–Crippen MR) is 157 cm³/mol. The molecule has 3 aromatic heterocycles. The van der Waals surface area contributed by atoms with Crippen molar-refractivity contribution in [3.63, 3.8) is 0 Å². The standard InChI is InChI=1S/C31H21F4N7OS/c1-17-11-19(14-36)12-18(2)27(17)43-29-28-25(9-10-44-28)38-30(39-29)37-23-7-4-20(5-8-23)26-16-42(41-40-26)15-21-3-6-22(13-24(21)32)31(33,34)35/h3-13,16H,15H2,1-2H3,(H,37,38,39). The first-order valence-corrected chi connectivity index (χ1v) is 14.0. The van der Waals surface area contributed by atoms with E-state index in [1.807, 2.05) is 25.3 Å². The summed E-state index contributed by atoms with van der Waals surface area (Å²) in [6, 6.07) is 17.2. The van der Waals surface area contributed by atoms with Crippen molar-refractivity contribution in [1.29, 1.82) is 5.26 Å². The van der Waals surface area contributed by atoms with Crippen LogP contribution < -0.4 is 10.1 Å². The minimum Gasteiger partial charge on any atom is -0.437 e. The second kappa shape index (κ2) is 11.4. The fraction of sp³-hybridized carbons (Fsp3) is 0.129. The molecule has 0 unspecified atom stereocenters. The van der Waals surface area contributed by atoms with E-state index in [1.165, 1.54) is 16.0 Å². The first-order valence-electron chi connectivity index (χ1n) is 13.1. The molecule has 3 aromatic carbocycles. The third kappa shape index (κ3) is 5.93. The van der Waals surface area contributed by atoms with Crippen molar-refractivity contribution in [3.8, 4) is 29.0 Å². The summed E-state index contributed by atoms with van der Waals surface area (Å²) in [6.45, 7) is 3.68. The molecule has 0 bridgehead atoms.